The van der Waals surface area contributed by atoms with Crippen molar-refractivity contribution in [1.82, 2.24) is 14.6 Å². The molecule has 1 N–H and O–H groups in total. The highest BCUT2D eigenvalue weighted by Crippen LogP contribution is 2.30. The SMILES string of the molecule is O=Cc1ccc(-c2cccn3nc(NC(=O)C4CC4)nc23)cc1. The molecule has 6 heteroatoms. The highest BCUT2D eigenvalue weighted by molar-refractivity contribution is 5.93. The van der Waals surface area contributed by atoms with Crippen LogP contribution in [0.4, 0.5) is 5.95 Å². The van der Waals surface area contributed by atoms with Gasteiger partial charge in [-0.15, -0.1) is 5.10 Å². The summed E-state index contributed by atoms with van der Waals surface area (Å²) in [7, 11) is 0. The molecule has 0 unspecified atom stereocenters. The van der Waals surface area contributed by atoms with Crippen LogP contribution in [0.2, 0.25) is 0 Å². The van der Waals surface area contributed by atoms with Gasteiger partial charge in [-0.3, -0.25) is 14.9 Å². The number of nitrogens with one attached hydrogen (secondary N) is 1. The highest BCUT2D eigenvalue weighted by Gasteiger charge is 2.30. The van der Waals surface area contributed by atoms with Crippen LogP contribution in [0.5, 0.6) is 0 Å². The summed E-state index contributed by atoms with van der Waals surface area (Å²) in [5.41, 5.74) is 3.12. The van der Waals surface area contributed by atoms with Gasteiger partial charge in [0.05, 0.1) is 0 Å². The van der Waals surface area contributed by atoms with Crippen LogP contribution in [0.1, 0.15) is 23.2 Å². The molecular formula is C17H14N4O2. The summed E-state index contributed by atoms with van der Waals surface area (Å²) >= 11 is 0. The van der Waals surface area contributed by atoms with E-state index in [9.17, 15) is 9.59 Å². The molecular weight excluding hydrogens is 292 g/mol. The first-order valence-corrected chi connectivity index (χ1v) is 7.46. The van der Waals surface area contributed by atoms with Crippen LogP contribution in [0.25, 0.3) is 16.8 Å². The van der Waals surface area contributed by atoms with E-state index in [0.29, 0.717) is 17.2 Å². The van der Waals surface area contributed by atoms with Gasteiger partial charge >= 0.3 is 0 Å². The number of aromatic nitrogens is 3. The lowest BCUT2D eigenvalue weighted by atomic mass is 10.1. The van der Waals surface area contributed by atoms with Crippen molar-refractivity contribution < 1.29 is 9.59 Å². The molecule has 1 aliphatic carbocycles. The largest absolute Gasteiger partial charge is 0.298 e. The Morgan fingerprint density at radius 1 is 1.22 bits per heavy atom. The summed E-state index contributed by atoms with van der Waals surface area (Å²) in [6.07, 6.45) is 4.48. The summed E-state index contributed by atoms with van der Waals surface area (Å²) in [5.74, 6) is 0.411. The maximum absolute atomic E-state index is 11.8. The number of anilines is 1. The zero-order valence-electron chi connectivity index (χ0n) is 12.3. The molecule has 6 nitrogen and oxygen atoms in total. The van der Waals surface area contributed by atoms with Crippen molar-refractivity contribution in [2.45, 2.75) is 12.8 Å². The first-order valence-electron chi connectivity index (χ1n) is 7.46. The predicted octanol–water partition coefficient (Wildman–Crippen LogP) is 2.56. The van der Waals surface area contributed by atoms with E-state index in [2.05, 4.69) is 15.4 Å². The van der Waals surface area contributed by atoms with Crippen LogP contribution < -0.4 is 5.32 Å². The number of hydrogen-bond donors (Lipinski definition) is 1. The Balaban J connectivity index is 1.72. The first-order chi connectivity index (χ1) is 11.2. The summed E-state index contributed by atoms with van der Waals surface area (Å²) in [6.45, 7) is 0. The molecule has 3 aromatic rings. The molecule has 0 bridgehead atoms. The fraction of sp³-hybridized carbons (Fsp3) is 0.176. The minimum absolute atomic E-state index is 0.0159. The fourth-order valence-corrected chi connectivity index (χ4v) is 2.48. The quantitative estimate of drug-likeness (QED) is 0.752. The number of pyridine rings is 1. The Bertz CT molecular complexity index is 895. The van der Waals surface area contributed by atoms with Gasteiger partial charge in [0.15, 0.2) is 5.65 Å². The Labute approximate surface area is 132 Å². The number of fused-ring (bicyclic) bond motifs is 1. The minimum atomic E-state index is -0.0159. The molecule has 1 saturated carbocycles. The van der Waals surface area contributed by atoms with Crippen LogP contribution in [0.15, 0.2) is 42.6 Å². The number of carbonyl (C=O) groups excluding carboxylic acids is 2. The van der Waals surface area contributed by atoms with E-state index in [1.165, 1.54) is 0 Å². The number of hydrogen-bond acceptors (Lipinski definition) is 4. The maximum Gasteiger partial charge on any atom is 0.249 e. The molecule has 1 aromatic carbocycles. The van der Waals surface area contributed by atoms with Crippen molar-refractivity contribution in [3.63, 3.8) is 0 Å². The molecule has 1 fully saturated rings. The molecule has 114 valence electrons. The molecule has 23 heavy (non-hydrogen) atoms. The molecule has 2 heterocycles. The average Bonchev–Trinajstić information content (AvgIpc) is 3.35. The van der Waals surface area contributed by atoms with Crippen molar-refractivity contribution in [2.75, 3.05) is 5.32 Å². The molecule has 1 amide bonds. The minimum Gasteiger partial charge on any atom is -0.298 e. The summed E-state index contributed by atoms with van der Waals surface area (Å²) in [6, 6.07) is 11.1. The molecule has 1 aliphatic rings. The number of carbonyl (C=O) groups is 2. The zero-order chi connectivity index (χ0) is 15.8. The Morgan fingerprint density at radius 2 is 2.00 bits per heavy atom. The van der Waals surface area contributed by atoms with Crippen LogP contribution in [-0.2, 0) is 4.79 Å². The Kier molecular flexibility index (Phi) is 3.15. The third-order valence-electron chi connectivity index (χ3n) is 3.90. The van der Waals surface area contributed by atoms with Crippen molar-refractivity contribution in [1.29, 1.82) is 0 Å². The molecule has 0 radical (unpaired) electrons. The van der Waals surface area contributed by atoms with E-state index in [1.54, 1.807) is 22.8 Å². The maximum atomic E-state index is 11.8. The predicted molar refractivity (Wildman–Crippen MR) is 85.2 cm³/mol. The van der Waals surface area contributed by atoms with Gasteiger partial charge in [0.1, 0.15) is 6.29 Å². The van der Waals surface area contributed by atoms with E-state index in [1.807, 2.05) is 24.3 Å². The van der Waals surface area contributed by atoms with Gasteiger partial charge in [-0.2, -0.15) is 4.98 Å². The lowest BCUT2D eigenvalue weighted by Crippen LogP contribution is -2.14. The number of nitrogens with zero attached hydrogens (tertiary/aromatic N) is 3. The van der Waals surface area contributed by atoms with E-state index in [0.717, 1.165) is 30.3 Å². The lowest BCUT2D eigenvalue weighted by molar-refractivity contribution is -0.117. The van der Waals surface area contributed by atoms with Crippen LogP contribution >= 0.6 is 0 Å². The van der Waals surface area contributed by atoms with Crippen LogP contribution in [-0.4, -0.2) is 26.8 Å². The zero-order valence-corrected chi connectivity index (χ0v) is 12.3. The number of benzene rings is 1. The van der Waals surface area contributed by atoms with Gasteiger partial charge in [-0.25, -0.2) is 4.52 Å². The van der Waals surface area contributed by atoms with Crippen molar-refractivity contribution in [2.24, 2.45) is 5.92 Å². The first kappa shape index (κ1) is 13.6. The van der Waals surface area contributed by atoms with Crippen molar-refractivity contribution in [3.8, 4) is 11.1 Å². The van der Waals surface area contributed by atoms with E-state index in [4.69, 9.17) is 0 Å². The normalized spacial score (nSPS) is 13.9. The van der Waals surface area contributed by atoms with Gasteiger partial charge in [-0.1, -0.05) is 24.3 Å². The van der Waals surface area contributed by atoms with E-state index >= 15 is 0 Å². The van der Waals surface area contributed by atoms with Crippen molar-refractivity contribution in [3.05, 3.63) is 48.2 Å². The van der Waals surface area contributed by atoms with Crippen molar-refractivity contribution >= 4 is 23.8 Å². The molecule has 0 aliphatic heterocycles. The molecule has 4 rings (SSSR count). The second kappa shape index (κ2) is 5.31. The second-order valence-electron chi connectivity index (χ2n) is 5.63. The number of rotatable bonds is 4. The molecule has 0 atom stereocenters. The van der Waals surface area contributed by atoms with E-state index in [-0.39, 0.29) is 11.8 Å². The van der Waals surface area contributed by atoms with Crippen LogP contribution in [0.3, 0.4) is 0 Å². The summed E-state index contributed by atoms with van der Waals surface area (Å²) < 4.78 is 1.64. The smallest absolute Gasteiger partial charge is 0.249 e. The summed E-state index contributed by atoms with van der Waals surface area (Å²) in [4.78, 5) is 27.0. The third kappa shape index (κ3) is 2.59. The van der Waals surface area contributed by atoms with E-state index < -0.39 is 0 Å². The van der Waals surface area contributed by atoms with Gasteiger partial charge in [0.2, 0.25) is 11.9 Å². The number of amides is 1. The molecule has 2 aromatic heterocycles. The van der Waals surface area contributed by atoms with Gasteiger partial charge < -0.3 is 0 Å². The standard InChI is InChI=1S/C17H14N4O2/c22-10-11-3-5-12(6-4-11)14-2-1-9-21-15(14)18-17(20-21)19-16(23)13-7-8-13/h1-6,9-10,13H,7-8H2,(H,19,20,23). The molecule has 0 spiro atoms. The topological polar surface area (TPSA) is 76.4 Å². The lowest BCUT2D eigenvalue weighted by Gasteiger charge is -2.02. The monoisotopic (exact) mass is 306 g/mol. The highest BCUT2D eigenvalue weighted by atomic mass is 16.2. The average molecular weight is 306 g/mol. The van der Waals surface area contributed by atoms with Gasteiger partial charge in [0, 0.05) is 23.2 Å². The fourth-order valence-electron chi connectivity index (χ4n) is 2.48. The van der Waals surface area contributed by atoms with Crippen LogP contribution in [0, 0.1) is 5.92 Å². The second-order valence-corrected chi connectivity index (χ2v) is 5.63. The Hall–Kier alpha value is -3.02. The summed E-state index contributed by atoms with van der Waals surface area (Å²) in [5, 5.41) is 7.06. The van der Waals surface area contributed by atoms with Gasteiger partial charge in [-0.05, 0) is 30.5 Å². The molecule has 0 saturated heterocycles. The third-order valence-corrected chi connectivity index (χ3v) is 3.90. The number of aldehydes is 1. The Morgan fingerprint density at radius 3 is 2.70 bits per heavy atom. The van der Waals surface area contributed by atoms with Gasteiger partial charge in [0.25, 0.3) is 0 Å².